The Bertz CT molecular complexity index is 1480. The number of nitrogens with one attached hydrogen (secondary N) is 1. The van der Waals surface area contributed by atoms with Crippen LogP contribution in [0, 0.1) is 20.8 Å². The number of benzene rings is 2. The largest absolute Gasteiger partial charge is 0.548 e. The van der Waals surface area contributed by atoms with E-state index in [2.05, 4.69) is 5.32 Å². The Morgan fingerprint density at radius 1 is 1.00 bits per heavy atom. The monoisotopic (exact) mass is 474 g/mol. The first-order chi connectivity index (χ1) is 16.7. The summed E-state index contributed by atoms with van der Waals surface area (Å²) in [7, 11) is 0. The van der Waals surface area contributed by atoms with Gasteiger partial charge >= 0.3 is 5.63 Å². The topological polar surface area (TPSA) is 113 Å². The fraction of sp³-hybridized carbons (Fsp3) is 0.321. The van der Waals surface area contributed by atoms with E-state index in [1.807, 2.05) is 57.2 Å². The van der Waals surface area contributed by atoms with E-state index in [-0.39, 0.29) is 18.4 Å². The van der Waals surface area contributed by atoms with E-state index < -0.39 is 23.5 Å². The van der Waals surface area contributed by atoms with Crippen LogP contribution in [0.2, 0.25) is 0 Å². The van der Waals surface area contributed by atoms with Crippen LogP contribution in [0.4, 0.5) is 0 Å². The number of carbonyl (C=O) groups excluding carboxylic acids is 2. The van der Waals surface area contributed by atoms with Crippen molar-refractivity contribution in [3.05, 3.63) is 69.3 Å². The Morgan fingerprint density at radius 2 is 1.69 bits per heavy atom. The summed E-state index contributed by atoms with van der Waals surface area (Å²) in [4.78, 5) is 36.9. The molecule has 0 saturated heterocycles. The van der Waals surface area contributed by atoms with E-state index >= 15 is 0 Å². The van der Waals surface area contributed by atoms with Crippen LogP contribution in [-0.4, -0.2) is 17.9 Å². The van der Waals surface area contributed by atoms with Crippen molar-refractivity contribution in [1.82, 2.24) is 5.32 Å². The molecule has 0 aliphatic rings. The van der Waals surface area contributed by atoms with Crippen LogP contribution < -0.4 is 16.0 Å². The van der Waals surface area contributed by atoms with Gasteiger partial charge in [0, 0.05) is 21.9 Å². The molecule has 1 N–H and O–H groups in total. The first-order valence-electron chi connectivity index (χ1n) is 11.8. The number of unbranched alkanes of at least 4 members (excludes halogenated alkanes) is 1. The third-order valence-corrected chi connectivity index (χ3v) is 6.50. The Kier molecular flexibility index (Phi) is 6.78. The molecule has 4 aromatic rings. The predicted octanol–water partition coefficient (Wildman–Crippen LogP) is 4.10. The van der Waals surface area contributed by atoms with Crippen molar-refractivity contribution in [2.24, 2.45) is 0 Å². The molecule has 2 aromatic carbocycles. The highest BCUT2D eigenvalue weighted by atomic mass is 16.4. The fourth-order valence-corrected chi connectivity index (χ4v) is 4.61. The van der Waals surface area contributed by atoms with Crippen molar-refractivity contribution in [2.75, 3.05) is 0 Å². The third-order valence-electron chi connectivity index (χ3n) is 6.50. The molecule has 0 aliphatic heterocycles. The summed E-state index contributed by atoms with van der Waals surface area (Å²) < 4.78 is 11.7. The molecule has 182 valence electrons. The highest BCUT2D eigenvalue weighted by Crippen LogP contribution is 2.39. The van der Waals surface area contributed by atoms with E-state index in [9.17, 15) is 19.5 Å². The Labute approximate surface area is 202 Å². The van der Waals surface area contributed by atoms with Gasteiger partial charge < -0.3 is 24.1 Å². The van der Waals surface area contributed by atoms with Gasteiger partial charge in [-0.1, -0.05) is 50.1 Å². The SMILES string of the molecule is CCCC[C@H](NC(=O)Cc1c(C)c2cc3c(-c4ccccc4)c(C)oc3c(C)c2oc1=O)C(=O)[O-]. The lowest BCUT2D eigenvalue weighted by atomic mass is 9.96. The number of aryl methyl sites for hydroxylation is 3. The molecule has 0 fully saturated rings. The summed E-state index contributed by atoms with van der Waals surface area (Å²) in [6.45, 7) is 7.45. The molecule has 7 heteroatoms. The number of furan rings is 1. The molecule has 7 nitrogen and oxygen atoms in total. The molecule has 0 aliphatic carbocycles. The smallest absolute Gasteiger partial charge is 0.340 e. The van der Waals surface area contributed by atoms with E-state index in [1.165, 1.54) is 0 Å². The Hall–Kier alpha value is -3.87. The number of amides is 1. The van der Waals surface area contributed by atoms with Crippen LogP contribution >= 0.6 is 0 Å². The van der Waals surface area contributed by atoms with Crippen LogP contribution in [0.1, 0.15) is 48.6 Å². The maximum Gasteiger partial charge on any atom is 0.340 e. The lowest BCUT2D eigenvalue weighted by Gasteiger charge is -2.19. The summed E-state index contributed by atoms with van der Waals surface area (Å²) in [6.07, 6.45) is 1.42. The van der Waals surface area contributed by atoms with Gasteiger partial charge in [-0.15, -0.1) is 0 Å². The first-order valence-corrected chi connectivity index (χ1v) is 11.8. The second-order valence-electron chi connectivity index (χ2n) is 8.91. The quantitative estimate of drug-likeness (QED) is 0.385. The number of aliphatic carboxylic acids is 1. The number of carboxylic acids is 1. The normalized spacial score (nSPS) is 12.2. The Balaban J connectivity index is 1.79. The van der Waals surface area contributed by atoms with Crippen molar-refractivity contribution in [2.45, 2.75) is 59.4 Å². The van der Waals surface area contributed by atoms with Gasteiger partial charge in [0.15, 0.2) is 0 Å². The summed E-state index contributed by atoms with van der Waals surface area (Å²) in [5.74, 6) is -1.15. The summed E-state index contributed by atoms with van der Waals surface area (Å²) >= 11 is 0. The van der Waals surface area contributed by atoms with Crippen LogP contribution in [0.3, 0.4) is 0 Å². The minimum Gasteiger partial charge on any atom is -0.548 e. The first kappa shape index (κ1) is 24.3. The molecule has 4 rings (SSSR count). The van der Waals surface area contributed by atoms with Crippen LogP contribution in [-0.2, 0) is 16.0 Å². The van der Waals surface area contributed by atoms with Gasteiger partial charge in [-0.2, -0.15) is 0 Å². The number of carboxylic acid groups (broad SMARTS) is 1. The maximum absolute atomic E-state index is 12.9. The van der Waals surface area contributed by atoms with E-state index in [0.717, 1.165) is 28.7 Å². The molecule has 0 spiro atoms. The number of fused-ring (bicyclic) bond motifs is 2. The van der Waals surface area contributed by atoms with Gasteiger partial charge in [-0.25, -0.2) is 4.79 Å². The predicted molar refractivity (Wildman–Crippen MR) is 132 cm³/mol. The molecule has 2 heterocycles. The molecule has 0 bridgehead atoms. The van der Waals surface area contributed by atoms with Gasteiger partial charge in [0.1, 0.15) is 16.9 Å². The summed E-state index contributed by atoms with van der Waals surface area (Å²) in [5, 5.41) is 15.5. The average Bonchev–Trinajstić information content (AvgIpc) is 3.17. The van der Waals surface area contributed by atoms with Crippen molar-refractivity contribution in [1.29, 1.82) is 0 Å². The number of carbonyl (C=O) groups is 2. The van der Waals surface area contributed by atoms with Gasteiger partial charge in [0.05, 0.1) is 24.0 Å². The Morgan fingerprint density at radius 3 is 2.34 bits per heavy atom. The van der Waals surface area contributed by atoms with Gasteiger partial charge in [-0.05, 0) is 44.4 Å². The lowest BCUT2D eigenvalue weighted by Crippen LogP contribution is -2.48. The van der Waals surface area contributed by atoms with Crippen molar-refractivity contribution < 1.29 is 23.5 Å². The van der Waals surface area contributed by atoms with Crippen LogP contribution in [0.25, 0.3) is 33.1 Å². The zero-order chi connectivity index (χ0) is 25.3. The summed E-state index contributed by atoms with van der Waals surface area (Å²) in [5.41, 5.74) is 3.92. The minimum atomic E-state index is -1.34. The molecular formula is C28H28NO6-. The van der Waals surface area contributed by atoms with Crippen LogP contribution in [0.5, 0.6) is 0 Å². The molecule has 1 amide bonds. The lowest BCUT2D eigenvalue weighted by molar-refractivity contribution is -0.308. The van der Waals surface area contributed by atoms with E-state index in [4.69, 9.17) is 8.83 Å². The second kappa shape index (κ2) is 9.78. The number of rotatable bonds is 8. The zero-order valence-electron chi connectivity index (χ0n) is 20.3. The molecule has 35 heavy (non-hydrogen) atoms. The minimum absolute atomic E-state index is 0.197. The molecule has 1 atom stereocenters. The van der Waals surface area contributed by atoms with Crippen molar-refractivity contribution >= 4 is 33.8 Å². The number of hydrogen-bond acceptors (Lipinski definition) is 6. The molecule has 0 unspecified atom stereocenters. The van der Waals surface area contributed by atoms with Gasteiger partial charge in [-0.3, -0.25) is 4.79 Å². The van der Waals surface area contributed by atoms with Gasteiger partial charge in [0.25, 0.3) is 0 Å². The third kappa shape index (κ3) is 4.58. The zero-order valence-corrected chi connectivity index (χ0v) is 20.3. The maximum atomic E-state index is 12.9. The second-order valence-corrected chi connectivity index (χ2v) is 8.91. The molecular weight excluding hydrogens is 446 g/mol. The highest BCUT2D eigenvalue weighted by molar-refractivity contribution is 6.06. The molecule has 2 aromatic heterocycles. The standard InChI is InChI=1S/C28H29NO6/c1-5-6-12-22(27(31)32)29-23(30)14-20-15(2)19-13-21-24(18-10-8-7-9-11-18)17(4)34-26(21)16(3)25(19)35-28(20)33/h7-11,13,22H,5-6,12,14H2,1-4H3,(H,29,30)(H,31,32)/p-1/t22-/m0/s1. The number of hydrogen-bond donors (Lipinski definition) is 1. The van der Waals surface area contributed by atoms with Gasteiger partial charge in [0.2, 0.25) is 5.91 Å². The molecule has 0 saturated carbocycles. The highest BCUT2D eigenvalue weighted by Gasteiger charge is 2.22. The fourth-order valence-electron chi connectivity index (χ4n) is 4.61. The molecule has 0 radical (unpaired) electrons. The van der Waals surface area contributed by atoms with Crippen LogP contribution in [0.15, 0.2) is 50.0 Å². The average molecular weight is 475 g/mol. The summed E-state index contributed by atoms with van der Waals surface area (Å²) in [6, 6.07) is 10.7. The van der Waals surface area contributed by atoms with E-state index in [1.54, 1.807) is 6.92 Å². The van der Waals surface area contributed by atoms with E-state index in [0.29, 0.717) is 34.1 Å². The van der Waals surface area contributed by atoms with Crippen molar-refractivity contribution in [3.8, 4) is 11.1 Å². The van der Waals surface area contributed by atoms with Crippen molar-refractivity contribution in [3.63, 3.8) is 0 Å².